The van der Waals surface area contributed by atoms with Gasteiger partial charge in [0, 0.05) is 43.8 Å². The van der Waals surface area contributed by atoms with Crippen molar-refractivity contribution in [2.45, 2.75) is 32.0 Å². The van der Waals surface area contributed by atoms with Gasteiger partial charge in [-0.1, -0.05) is 12.1 Å². The number of aromatic nitrogens is 2. The van der Waals surface area contributed by atoms with Crippen molar-refractivity contribution in [3.8, 4) is 5.75 Å². The van der Waals surface area contributed by atoms with Crippen molar-refractivity contribution in [3.05, 3.63) is 90.0 Å². The van der Waals surface area contributed by atoms with Crippen LogP contribution in [0.2, 0.25) is 0 Å². The lowest BCUT2D eigenvalue weighted by Crippen LogP contribution is -2.37. The number of likely N-dealkylation sites (tertiary alicyclic amines) is 1. The summed E-state index contributed by atoms with van der Waals surface area (Å²) in [6.45, 7) is 3.36. The van der Waals surface area contributed by atoms with E-state index in [1.54, 1.807) is 24.5 Å². The Morgan fingerprint density at radius 3 is 2.57 bits per heavy atom. The SMILES string of the molecule is O=C(NCc1ccccn1)c1ccc(OC2CCN(Cc3cccnc3)CC2)cc1. The molecular weight excluding hydrogens is 376 g/mol. The number of nitrogens with one attached hydrogen (secondary N) is 1. The molecule has 0 unspecified atom stereocenters. The van der Waals surface area contributed by atoms with Crippen LogP contribution in [0.1, 0.15) is 34.5 Å². The first-order valence-corrected chi connectivity index (χ1v) is 10.3. The molecule has 2 aromatic heterocycles. The van der Waals surface area contributed by atoms with Crippen molar-refractivity contribution in [2.75, 3.05) is 13.1 Å². The highest BCUT2D eigenvalue weighted by Crippen LogP contribution is 2.20. The Bertz CT molecular complexity index is 924. The molecule has 3 aromatic rings. The number of rotatable bonds is 7. The summed E-state index contributed by atoms with van der Waals surface area (Å²) in [5, 5.41) is 2.89. The van der Waals surface area contributed by atoms with Crippen LogP contribution in [0, 0.1) is 0 Å². The Morgan fingerprint density at radius 1 is 1.03 bits per heavy atom. The molecule has 1 amide bonds. The van der Waals surface area contributed by atoms with E-state index >= 15 is 0 Å². The van der Waals surface area contributed by atoms with E-state index in [9.17, 15) is 4.79 Å². The van der Waals surface area contributed by atoms with E-state index in [0.717, 1.165) is 43.9 Å². The Labute approximate surface area is 176 Å². The molecule has 1 saturated heterocycles. The zero-order valence-corrected chi connectivity index (χ0v) is 16.9. The molecule has 4 rings (SSSR count). The maximum absolute atomic E-state index is 12.3. The fraction of sp³-hybridized carbons (Fsp3) is 0.292. The molecule has 1 aliphatic heterocycles. The molecule has 0 bridgehead atoms. The molecule has 0 radical (unpaired) electrons. The van der Waals surface area contributed by atoms with E-state index in [0.29, 0.717) is 12.1 Å². The lowest BCUT2D eigenvalue weighted by atomic mass is 10.1. The number of ether oxygens (including phenoxy) is 1. The first-order valence-electron chi connectivity index (χ1n) is 10.3. The summed E-state index contributed by atoms with van der Waals surface area (Å²) < 4.78 is 6.14. The summed E-state index contributed by atoms with van der Waals surface area (Å²) in [5.74, 6) is 0.692. The molecule has 1 aromatic carbocycles. The lowest BCUT2D eigenvalue weighted by Gasteiger charge is -2.32. The lowest BCUT2D eigenvalue weighted by molar-refractivity contribution is 0.0947. The van der Waals surface area contributed by atoms with Crippen LogP contribution < -0.4 is 10.1 Å². The minimum atomic E-state index is -0.115. The largest absolute Gasteiger partial charge is 0.490 e. The van der Waals surface area contributed by atoms with E-state index in [1.165, 1.54) is 5.56 Å². The summed E-state index contributed by atoms with van der Waals surface area (Å²) in [6.07, 6.45) is 7.64. The zero-order chi connectivity index (χ0) is 20.6. The average molecular weight is 402 g/mol. The quantitative estimate of drug-likeness (QED) is 0.656. The van der Waals surface area contributed by atoms with Crippen molar-refractivity contribution < 1.29 is 9.53 Å². The molecule has 1 aliphatic rings. The van der Waals surface area contributed by atoms with E-state index in [1.807, 2.05) is 42.6 Å². The normalized spacial score (nSPS) is 14.9. The molecule has 0 saturated carbocycles. The Hall–Kier alpha value is -3.25. The van der Waals surface area contributed by atoms with Gasteiger partial charge in [0.1, 0.15) is 11.9 Å². The van der Waals surface area contributed by atoms with E-state index in [-0.39, 0.29) is 12.0 Å². The van der Waals surface area contributed by atoms with Crippen molar-refractivity contribution in [1.29, 1.82) is 0 Å². The first kappa shape index (κ1) is 20.0. The van der Waals surface area contributed by atoms with Crippen LogP contribution in [0.5, 0.6) is 5.75 Å². The van der Waals surface area contributed by atoms with Gasteiger partial charge in [-0.2, -0.15) is 0 Å². The summed E-state index contributed by atoms with van der Waals surface area (Å²) in [4.78, 5) is 23.1. The van der Waals surface area contributed by atoms with Gasteiger partial charge in [-0.3, -0.25) is 19.7 Å². The average Bonchev–Trinajstić information content (AvgIpc) is 2.81. The van der Waals surface area contributed by atoms with Gasteiger partial charge < -0.3 is 10.1 Å². The van der Waals surface area contributed by atoms with Crippen LogP contribution >= 0.6 is 0 Å². The smallest absolute Gasteiger partial charge is 0.251 e. The second kappa shape index (κ2) is 9.98. The highest BCUT2D eigenvalue weighted by molar-refractivity contribution is 5.94. The van der Waals surface area contributed by atoms with Gasteiger partial charge in [0.25, 0.3) is 5.91 Å². The number of pyridine rings is 2. The Morgan fingerprint density at radius 2 is 1.87 bits per heavy atom. The summed E-state index contributed by atoms with van der Waals surface area (Å²) in [5.41, 5.74) is 2.69. The second-order valence-electron chi connectivity index (χ2n) is 7.48. The highest BCUT2D eigenvalue weighted by Gasteiger charge is 2.20. The van der Waals surface area contributed by atoms with Crippen molar-refractivity contribution in [2.24, 2.45) is 0 Å². The molecular formula is C24H26N4O2. The van der Waals surface area contributed by atoms with Gasteiger partial charge >= 0.3 is 0 Å². The maximum Gasteiger partial charge on any atom is 0.251 e. The van der Waals surface area contributed by atoms with Gasteiger partial charge in [-0.05, 0) is 60.9 Å². The number of nitrogens with zero attached hydrogens (tertiary/aromatic N) is 3. The molecule has 0 spiro atoms. The minimum Gasteiger partial charge on any atom is -0.490 e. The predicted octanol–water partition coefficient (Wildman–Crippen LogP) is 3.45. The van der Waals surface area contributed by atoms with Crippen LogP contribution in [0.3, 0.4) is 0 Å². The maximum atomic E-state index is 12.3. The molecule has 1 fully saturated rings. The fourth-order valence-electron chi connectivity index (χ4n) is 3.59. The topological polar surface area (TPSA) is 67.3 Å². The first-order chi connectivity index (χ1) is 14.8. The number of hydrogen-bond acceptors (Lipinski definition) is 5. The second-order valence-corrected chi connectivity index (χ2v) is 7.48. The van der Waals surface area contributed by atoms with Gasteiger partial charge in [-0.25, -0.2) is 0 Å². The predicted molar refractivity (Wildman–Crippen MR) is 115 cm³/mol. The Kier molecular flexibility index (Phi) is 6.67. The van der Waals surface area contributed by atoms with Crippen molar-refractivity contribution >= 4 is 5.91 Å². The molecule has 6 nitrogen and oxygen atoms in total. The molecule has 3 heterocycles. The molecule has 154 valence electrons. The van der Waals surface area contributed by atoms with Gasteiger partial charge in [0.2, 0.25) is 0 Å². The van der Waals surface area contributed by atoms with E-state index < -0.39 is 0 Å². The minimum absolute atomic E-state index is 0.115. The molecule has 6 heteroatoms. The zero-order valence-electron chi connectivity index (χ0n) is 16.9. The number of benzene rings is 1. The van der Waals surface area contributed by atoms with E-state index in [2.05, 4.69) is 26.3 Å². The number of carbonyl (C=O) groups is 1. The third kappa shape index (κ3) is 5.64. The van der Waals surface area contributed by atoms with Crippen LogP contribution in [0.25, 0.3) is 0 Å². The highest BCUT2D eigenvalue weighted by atomic mass is 16.5. The summed E-state index contributed by atoms with van der Waals surface area (Å²) >= 11 is 0. The third-order valence-electron chi connectivity index (χ3n) is 5.24. The number of carbonyl (C=O) groups excluding carboxylic acids is 1. The van der Waals surface area contributed by atoms with Crippen molar-refractivity contribution in [1.82, 2.24) is 20.2 Å². The van der Waals surface area contributed by atoms with Crippen LogP contribution in [0.4, 0.5) is 0 Å². The van der Waals surface area contributed by atoms with Crippen molar-refractivity contribution in [3.63, 3.8) is 0 Å². The monoisotopic (exact) mass is 402 g/mol. The van der Waals surface area contributed by atoms with Gasteiger partial charge in [0.05, 0.1) is 12.2 Å². The molecule has 0 atom stereocenters. The summed E-state index contributed by atoms with van der Waals surface area (Å²) in [6, 6.07) is 17.1. The Balaban J connectivity index is 1.22. The van der Waals surface area contributed by atoms with Gasteiger partial charge in [-0.15, -0.1) is 0 Å². The third-order valence-corrected chi connectivity index (χ3v) is 5.24. The number of piperidine rings is 1. The van der Waals surface area contributed by atoms with Crippen LogP contribution in [-0.2, 0) is 13.1 Å². The number of amides is 1. The van der Waals surface area contributed by atoms with Crippen LogP contribution in [-0.4, -0.2) is 40.0 Å². The fourth-order valence-corrected chi connectivity index (χ4v) is 3.59. The standard InChI is InChI=1S/C24H26N4O2/c29-24(27-17-21-5-1-2-13-26-21)20-6-8-22(9-7-20)30-23-10-14-28(15-11-23)18-19-4-3-12-25-16-19/h1-9,12-13,16,23H,10-11,14-15,17-18H2,(H,27,29). The summed E-state index contributed by atoms with van der Waals surface area (Å²) in [7, 11) is 0. The van der Waals surface area contributed by atoms with E-state index in [4.69, 9.17) is 4.74 Å². The molecule has 1 N–H and O–H groups in total. The molecule has 30 heavy (non-hydrogen) atoms. The van der Waals surface area contributed by atoms with Crippen LogP contribution in [0.15, 0.2) is 73.2 Å². The number of hydrogen-bond donors (Lipinski definition) is 1. The molecule has 0 aliphatic carbocycles. The van der Waals surface area contributed by atoms with Gasteiger partial charge in [0.15, 0.2) is 0 Å².